The Bertz CT molecular complexity index is 1350. The standard InChI is InChI=1S/C27H26F3N5/c1-16(17-7-3-2-4-8-17)35-15-18-11-12-23(35)24(18)33-26-32-14-21(27(28,29)30)25(34-26)20-13-31-22-10-6-5-9-19(20)22/h2-10,13-14,16,18,23-24,31H,11-12,15H2,1H3,(H,32,33,34)/t16-,18?,23?,24?/m0/s1. The summed E-state index contributed by atoms with van der Waals surface area (Å²) < 4.78 is 41.7. The number of likely N-dealkylation sites (tertiary alicyclic amines) is 1. The van der Waals surface area contributed by atoms with Gasteiger partial charge in [-0.25, -0.2) is 9.97 Å². The van der Waals surface area contributed by atoms with E-state index in [9.17, 15) is 13.2 Å². The molecule has 8 heteroatoms. The monoisotopic (exact) mass is 477 g/mol. The molecule has 5 nitrogen and oxygen atoms in total. The first-order chi connectivity index (χ1) is 16.9. The van der Waals surface area contributed by atoms with Crippen LogP contribution in [0.25, 0.3) is 22.2 Å². The van der Waals surface area contributed by atoms with Gasteiger partial charge in [-0.1, -0.05) is 48.5 Å². The van der Waals surface area contributed by atoms with Crippen molar-refractivity contribution in [2.24, 2.45) is 5.92 Å². The molecule has 2 N–H and O–H groups in total. The minimum absolute atomic E-state index is 0.104. The Morgan fingerprint density at radius 2 is 1.83 bits per heavy atom. The first kappa shape index (κ1) is 22.1. The molecule has 2 bridgehead atoms. The largest absolute Gasteiger partial charge is 0.419 e. The fraction of sp³-hybridized carbons (Fsp3) is 0.333. The van der Waals surface area contributed by atoms with E-state index in [0.717, 1.165) is 31.1 Å². The van der Waals surface area contributed by atoms with E-state index in [2.05, 4.69) is 56.4 Å². The number of nitrogens with zero attached hydrogens (tertiary/aromatic N) is 3. The normalized spacial score (nSPS) is 23.1. The summed E-state index contributed by atoms with van der Waals surface area (Å²) in [6, 6.07) is 18.4. The Morgan fingerprint density at radius 3 is 2.63 bits per heavy atom. The molecule has 6 rings (SSSR count). The lowest BCUT2D eigenvalue weighted by molar-refractivity contribution is -0.137. The summed E-state index contributed by atoms with van der Waals surface area (Å²) in [6.07, 6.45) is 0.0918. The van der Waals surface area contributed by atoms with Crippen LogP contribution < -0.4 is 5.32 Å². The summed E-state index contributed by atoms with van der Waals surface area (Å²) in [5, 5.41) is 4.13. The molecule has 35 heavy (non-hydrogen) atoms. The van der Waals surface area contributed by atoms with Crippen LogP contribution in [0.5, 0.6) is 0 Å². The van der Waals surface area contributed by atoms with E-state index in [-0.39, 0.29) is 29.8 Å². The summed E-state index contributed by atoms with van der Waals surface area (Å²) in [7, 11) is 0. The fourth-order valence-electron chi connectivity index (χ4n) is 5.90. The van der Waals surface area contributed by atoms with Crippen molar-refractivity contribution < 1.29 is 13.2 Å². The van der Waals surface area contributed by atoms with Crippen molar-refractivity contribution in [3.8, 4) is 11.3 Å². The number of halogens is 3. The van der Waals surface area contributed by atoms with E-state index in [1.807, 2.05) is 24.3 Å². The quantitative estimate of drug-likeness (QED) is 0.355. The Balaban J connectivity index is 1.32. The maximum Gasteiger partial charge on any atom is 0.419 e. The maximum absolute atomic E-state index is 13.9. The van der Waals surface area contributed by atoms with Gasteiger partial charge in [0.15, 0.2) is 0 Å². The molecule has 180 valence electrons. The van der Waals surface area contributed by atoms with Crippen molar-refractivity contribution in [2.45, 2.75) is 44.1 Å². The third kappa shape index (κ3) is 3.86. The predicted molar refractivity (Wildman–Crippen MR) is 130 cm³/mol. The molecular formula is C27H26F3N5. The number of H-pyrrole nitrogens is 1. The zero-order valence-corrected chi connectivity index (χ0v) is 19.3. The van der Waals surface area contributed by atoms with Gasteiger partial charge in [-0.15, -0.1) is 0 Å². The van der Waals surface area contributed by atoms with Crippen molar-refractivity contribution in [3.05, 3.63) is 78.1 Å². The average molecular weight is 478 g/mol. The number of alkyl halides is 3. The van der Waals surface area contributed by atoms with Crippen molar-refractivity contribution in [1.82, 2.24) is 19.9 Å². The van der Waals surface area contributed by atoms with Crippen LogP contribution in [0.1, 0.15) is 36.9 Å². The number of piperidine rings is 1. The molecule has 2 fully saturated rings. The Kier molecular flexibility index (Phi) is 5.29. The van der Waals surface area contributed by atoms with Gasteiger partial charge in [0.25, 0.3) is 0 Å². The first-order valence-electron chi connectivity index (χ1n) is 12.0. The number of rotatable bonds is 5. The summed E-state index contributed by atoms with van der Waals surface area (Å²) in [5.41, 5.74) is 1.52. The lowest BCUT2D eigenvalue weighted by Gasteiger charge is -2.33. The summed E-state index contributed by atoms with van der Waals surface area (Å²) in [4.78, 5) is 14.1. The van der Waals surface area contributed by atoms with E-state index >= 15 is 0 Å². The van der Waals surface area contributed by atoms with Gasteiger partial charge in [-0.3, -0.25) is 4.90 Å². The topological polar surface area (TPSA) is 56.8 Å². The number of hydrogen-bond donors (Lipinski definition) is 2. The Morgan fingerprint density at radius 1 is 1.06 bits per heavy atom. The molecule has 2 aromatic carbocycles. The lowest BCUT2D eigenvalue weighted by atomic mass is 10.0. The highest BCUT2D eigenvalue weighted by atomic mass is 19.4. The summed E-state index contributed by atoms with van der Waals surface area (Å²) in [6.45, 7) is 3.17. The van der Waals surface area contributed by atoms with Crippen LogP contribution in [0.2, 0.25) is 0 Å². The number of nitrogens with one attached hydrogen (secondary N) is 2. The van der Waals surface area contributed by atoms with Crippen LogP contribution in [0.3, 0.4) is 0 Å². The molecule has 0 amide bonds. The smallest absolute Gasteiger partial charge is 0.360 e. The molecule has 4 atom stereocenters. The van der Waals surface area contributed by atoms with Crippen LogP contribution in [0.4, 0.5) is 19.1 Å². The van der Waals surface area contributed by atoms with E-state index in [1.165, 1.54) is 5.56 Å². The number of hydrogen-bond acceptors (Lipinski definition) is 4. The highest BCUT2D eigenvalue weighted by Crippen LogP contribution is 2.44. The van der Waals surface area contributed by atoms with Crippen LogP contribution in [0.15, 0.2) is 67.0 Å². The third-order valence-electron chi connectivity index (χ3n) is 7.64. The highest BCUT2D eigenvalue weighted by molar-refractivity contribution is 5.95. The molecule has 2 aromatic heterocycles. The highest BCUT2D eigenvalue weighted by Gasteiger charge is 2.48. The van der Waals surface area contributed by atoms with Gasteiger partial charge in [0.1, 0.15) is 5.56 Å². The molecule has 1 aliphatic heterocycles. The van der Waals surface area contributed by atoms with Crippen molar-refractivity contribution >= 4 is 16.9 Å². The zero-order chi connectivity index (χ0) is 24.2. The molecule has 2 aliphatic rings. The van der Waals surface area contributed by atoms with E-state index in [1.54, 1.807) is 12.3 Å². The minimum Gasteiger partial charge on any atom is -0.360 e. The van der Waals surface area contributed by atoms with Crippen LogP contribution >= 0.6 is 0 Å². The molecule has 1 saturated heterocycles. The van der Waals surface area contributed by atoms with Crippen molar-refractivity contribution in [1.29, 1.82) is 0 Å². The maximum atomic E-state index is 13.9. The van der Waals surface area contributed by atoms with Gasteiger partial charge in [0, 0.05) is 53.5 Å². The molecular weight excluding hydrogens is 451 g/mol. The minimum atomic E-state index is -4.56. The first-order valence-corrected chi connectivity index (χ1v) is 12.0. The van der Waals surface area contributed by atoms with Gasteiger partial charge < -0.3 is 10.3 Å². The summed E-state index contributed by atoms with van der Waals surface area (Å²) in [5.74, 6) is 0.656. The molecule has 1 saturated carbocycles. The lowest BCUT2D eigenvalue weighted by Crippen LogP contribution is -2.38. The number of para-hydroxylation sites is 1. The number of benzene rings is 2. The Hall–Kier alpha value is -3.39. The van der Waals surface area contributed by atoms with Gasteiger partial charge in [0.05, 0.1) is 5.69 Å². The fourth-order valence-corrected chi connectivity index (χ4v) is 5.90. The molecule has 3 unspecified atom stereocenters. The van der Waals surface area contributed by atoms with Gasteiger partial charge in [0.2, 0.25) is 5.95 Å². The number of aromatic nitrogens is 3. The second-order valence-electron chi connectivity index (χ2n) is 9.56. The van der Waals surface area contributed by atoms with Crippen LogP contribution in [0, 0.1) is 5.92 Å². The third-order valence-corrected chi connectivity index (χ3v) is 7.64. The van der Waals surface area contributed by atoms with Crippen LogP contribution in [-0.2, 0) is 6.18 Å². The Labute approximate surface area is 201 Å². The second kappa shape index (κ2) is 8.37. The summed E-state index contributed by atoms with van der Waals surface area (Å²) >= 11 is 0. The zero-order valence-electron chi connectivity index (χ0n) is 19.3. The van der Waals surface area contributed by atoms with E-state index in [0.29, 0.717) is 16.9 Å². The molecule has 3 heterocycles. The molecule has 4 aromatic rings. The molecule has 0 radical (unpaired) electrons. The van der Waals surface area contributed by atoms with Gasteiger partial charge in [-0.05, 0) is 37.3 Å². The predicted octanol–water partition coefficient (Wildman–Crippen LogP) is 6.28. The van der Waals surface area contributed by atoms with Gasteiger partial charge in [-0.2, -0.15) is 13.2 Å². The number of fused-ring (bicyclic) bond motifs is 3. The van der Waals surface area contributed by atoms with Crippen molar-refractivity contribution in [3.63, 3.8) is 0 Å². The SMILES string of the molecule is C[C@@H](c1ccccc1)N1CC2CCC1C2Nc1ncc(C(F)(F)F)c(-c2c[nH]c3ccccc23)n1. The van der Waals surface area contributed by atoms with E-state index < -0.39 is 11.7 Å². The van der Waals surface area contributed by atoms with Gasteiger partial charge >= 0.3 is 6.18 Å². The number of anilines is 1. The van der Waals surface area contributed by atoms with Crippen molar-refractivity contribution in [2.75, 3.05) is 11.9 Å². The molecule has 0 spiro atoms. The van der Waals surface area contributed by atoms with E-state index in [4.69, 9.17) is 0 Å². The van der Waals surface area contributed by atoms with Crippen LogP contribution in [-0.4, -0.2) is 38.5 Å². The molecule has 1 aliphatic carbocycles. The number of aromatic amines is 1. The average Bonchev–Trinajstić information content (AvgIpc) is 3.56. The second-order valence-corrected chi connectivity index (χ2v) is 9.56.